The average Bonchev–Trinajstić information content (AvgIpc) is 2.90. The SMILES string of the molecule is Cc1ccc(C(=O)OCC(=O)N(Cc2ccccc2)C(C)C)n1C. The maximum atomic E-state index is 12.5. The second-order valence-electron chi connectivity index (χ2n) is 6.10. The van der Waals surface area contributed by atoms with Crippen molar-refractivity contribution in [2.24, 2.45) is 7.05 Å². The minimum atomic E-state index is -0.484. The molecule has 2 rings (SSSR count). The minimum absolute atomic E-state index is 0.0219. The first-order chi connectivity index (χ1) is 11.4. The lowest BCUT2D eigenvalue weighted by Crippen LogP contribution is -2.39. The van der Waals surface area contributed by atoms with Gasteiger partial charge in [-0.1, -0.05) is 30.3 Å². The molecule has 128 valence electrons. The van der Waals surface area contributed by atoms with Crippen molar-refractivity contribution >= 4 is 11.9 Å². The van der Waals surface area contributed by atoms with E-state index < -0.39 is 5.97 Å². The number of rotatable bonds is 6. The molecule has 0 radical (unpaired) electrons. The molecular formula is C19H24N2O3. The highest BCUT2D eigenvalue weighted by Crippen LogP contribution is 2.10. The molecule has 1 aromatic carbocycles. The van der Waals surface area contributed by atoms with Crippen LogP contribution in [0.2, 0.25) is 0 Å². The number of aromatic nitrogens is 1. The maximum Gasteiger partial charge on any atom is 0.355 e. The van der Waals surface area contributed by atoms with Gasteiger partial charge >= 0.3 is 5.97 Å². The van der Waals surface area contributed by atoms with Crippen molar-refractivity contribution in [3.63, 3.8) is 0 Å². The number of carbonyl (C=O) groups excluding carboxylic acids is 2. The van der Waals surface area contributed by atoms with E-state index in [1.807, 2.05) is 57.2 Å². The van der Waals surface area contributed by atoms with E-state index in [-0.39, 0.29) is 18.6 Å². The standard InChI is InChI=1S/C19H24N2O3/c1-14(2)21(12-16-8-6-5-7-9-16)18(22)13-24-19(23)17-11-10-15(3)20(17)4/h5-11,14H,12-13H2,1-4H3. The number of esters is 1. The van der Waals surface area contributed by atoms with Gasteiger partial charge in [-0.2, -0.15) is 0 Å². The van der Waals surface area contributed by atoms with Gasteiger partial charge in [-0.3, -0.25) is 4.79 Å². The first-order valence-electron chi connectivity index (χ1n) is 8.03. The summed E-state index contributed by atoms with van der Waals surface area (Å²) >= 11 is 0. The summed E-state index contributed by atoms with van der Waals surface area (Å²) in [5.74, 6) is -0.685. The van der Waals surface area contributed by atoms with Crippen molar-refractivity contribution in [2.45, 2.75) is 33.4 Å². The second kappa shape index (κ2) is 7.81. The molecule has 1 aromatic heterocycles. The Balaban J connectivity index is 1.98. The molecule has 1 heterocycles. The van der Waals surface area contributed by atoms with Gasteiger partial charge in [0, 0.05) is 25.3 Å². The Labute approximate surface area is 142 Å². The number of amides is 1. The van der Waals surface area contributed by atoms with Crippen molar-refractivity contribution in [3.05, 3.63) is 59.4 Å². The first-order valence-corrected chi connectivity index (χ1v) is 8.03. The molecule has 0 fully saturated rings. The smallest absolute Gasteiger partial charge is 0.355 e. The highest BCUT2D eigenvalue weighted by molar-refractivity contribution is 5.90. The van der Waals surface area contributed by atoms with Crippen LogP contribution in [0.4, 0.5) is 0 Å². The van der Waals surface area contributed by atoms with E-state index in [9.17, 15) is 9.59 Å². The molecular weight excluding hydrogens is 304 g/mol. The quantitative estimate of drug-likeness (QED) is 0.766. The van der Waals surface area contributed by atoms with Crippen LogP contribution in [0.15, 0.2) is 42.5 Å². The summed E-state index contributed by atoms with van der Waals surface area (Å²) in [5.41, 5.74) is 2.45. The van der Waals surface area contributed by atoms with E-state index in [0.29, 0.717) is 12.2 Å². The highest BCUT2D eigenvalue weighted by Gasteiger charge is 2.20. The summed E-state index contributed by atoms with van der Waals surface area (Å²) in [7, 11) is 1.80. The second-order valence-corrected chi connectivity index (χ2v) is 6.10. The van der Waals surface area contributed by atoms with Crippen molar-refractivity contribution in [1.82, 2.24) is 9.47 Å². The lowest BCUT2D eigenvalue weighted by molar-refractivity contribution is -0.136. The number of nitrogens with zero attached hydrogens (tertiary/aromatic N) is 2. The van der Waals surface area contributed by atoms with Gasteiger partial charge in [0.15, 0.2) is 6.61 Å². The molecule has 0 aliphatic heterocycles. The Morgan fingerprint density at radius 2 is 1.79 bits per heavy atom. The molecule has 1 amide bonds. The van der Waals surface area contributed by atoms with Gasteiger partial charge < -0.3 is 14.2 Å². The van der Waals surface area contributed by atoms with Crippen molar-refractivity contribution in [1.29, 1.82) is 0 Å². The van der Waals surface area contributed by atoms with E-state index >= 15 is 0 Å². The van der Waals surface area contributed by atoms with Crippen LogP contribution in [0.1, 0.15) is 35.6 Å². The van der Waals surface area contributed by atoms with Crippen LogP contribution < -0.4 is 0 Å². The zero-order chi connectivity index (χ0) is 17.7. The van der Waals surface area contributed by atoms with Gasteiger partial charge in [0.05, 0.1) is 0 Å². The predicted molar refractivity (Wildman–Crippen MR) is 92.6 cm³/mol. The summed E-state index contributed by atoms with van der Waals surface area (Å²) in [6, 6.07) is 13.3. The third-order valence-electron chi connectivity index (χ3n) is 4.05. The number of hydrogen-bond acceptors (Lipinski definition) is 3. The topological polar surface area (TPSA) is 51.5 Å². The zero-order valence-corrected chi connectivity index (χ0v) is 14.7. The number of carbonyl (C=O) groups is 2. The van der Waals surface area contributed by atoms with Gasteiger partial charge in [0.1, 0.15) is 5.69 Å². The Kier molecular flexibility index (Phi) is 5.79. The molecule has 0 unspecified atom stereocenters. The van der Waals surface area contributed by atoms with Gasteiger partial charge in [-0.25, -0.2) is 4.79 Å². The molecule has 0 aliphatic carbocycles. The van der Waals surface area contributed by atoms with Crippen LogP contribution in [0.3, 0.4) is 0 Å². The normalized spacial score (nSPS) is 10.7. The van der Waals surface area contributed by atoms with Gasteiger partial charge in [0.25, 0.3) is 5.91 Å². The Morgan fingerprint density at radius 1 is 1.12 bits per heavy atom. The summed E-state index contributed by atoms with van der Waals surface area (Å²) in [6.07, 6.45) is 0. The van der Waals surface area contributed by atoms with E-state index in [1.54, 1.807) is 22.6 Å². The van der Waals surface area contributed by atoms with Crippen LogP contribution in [-0.2, 0) is 23.1 Å². The van der Waals surface area contributed by atoms with Crippen LogP contribution in [-0.4, -0.2) is 34.0 Å². The summed E-state index contributed by atoms with van der Waals surface area (Å²) in [4.78, 5) is 26.3. The van der Waals surface area contributed by atoms with E-state index in [0.717, 1.165) is 11.3 Å². The van der Waals surface area contributed by atoms with Crippen molar-refractivity contribution in [2.75, 3.05) is 6.61 Å². The maximum absolute atomic E-state index is 12.5. The highest BCUT2D eigenvalue weighted by atomic mass is 16.5. The molecule has 0 saturated heterocycles. The number of aryl methyl sites for hydroxylation is 1. The molecule has 5 heteroatoms. The van der Waals surface area contributed by atoms with E-state index in [1.165, 1.54) is 0 Å². The fourth-order valence-electron chi connectivity index (χ4n) is 2.44. The molecule has 0 bridgehead atoms. The largest absolute Gasteiger partial charge is 0.451 e. The van der Waals surface area contributed by atoms with Crippen LogP contribution in [0, 0.1) is 6.92 Å². The van der Waals surface area contributed by atoms with Crippen molar-refractivity contribution < 1.29 is 14.3 Å². The third kappa shape index (κ3) is 4.25. The molecule has 5 nitrogen and oxygen atoms in total. The average molecular weight is 328 g/mol. The van der Waals surface area contributed by atoms with Crippen LogP contribution in [0.5, 0.6) is 0 Å². The van der Waals surface area contributed by atoms with Crippen molar-refractivity contribution in [3.8, 4) is 0 Å². The minimum Gasteiger partial charge on any atom is -0.451 e. The number of hydrogen-bond donors (Lipinski definition) is 0. The van der Waals surface area contributed by atoms with Gasteiger partial charge in [0.2, 0.25) is 0 Å². The third-order valence-corrected chi connectivity index (χ3v) is 4.05. The monoisotopic (exact) mass is 328 g/mol. The molecule has 0 spiro atoms. The first kappa shape index (κ1) is 17.8. The summed E-state index contributed by atoms with van der Waals surface area (Å²) in [5, 5.41) is 0. The summed E-state index contributed by atoms with van der Waals surface area (Å²) < 4.78 is 6.95. The fraction of sp³-hybridized carbons (Fsp3) is 0.368. The molecule has 0 N–H and O–H groups in total. The Morgan fingerprint density at radius 3 is 2.33 bits per heavy atom. The molecule has 2 aromatic rings. The van der Waals surface area contributed by atoms with Gasteiger partial charge in [-0.15, -0.1) is 0 Å². The number of ether oxygens (including phenoxy) is 1. The van der Waals surface area contributed by atoms with E-state index in [4.69, 9.17) is 4.74 Å². The summed E-state index contributed by atoms with van der Waals surface area (Å²) in [6.45, 7) is 6.04. The lowest BCUT2D eigenvalue weighted by Gasteiger charge is -2.26. The molecule has 0 saturated carbocycles. The molecule has 24 heavy (non-hydrogen) atoms. The predicted octanol–water partition coefficient (Wildman–Crippen LogP) is 2.93. The zero-order valence-electron chi connectivity index (χ0n) is 14.7. The fourth-order valence-corrected chi connectivity index (χ4v) is 2.44. The Bertz CT molecular complexity index is 705. The Hall–Kier alpha value is -2.56. The number of benzene rings is 1. The molecule has 0 atom stereocenters. The van der Waals surface area contributed by atoms with Gasteiger partial charge in [-0.05, 0) is 38.5 Å². The van der Waals surface area contributed by atoms with E-state index in [2.05, 4.69) is 0 Å². The molecule has 0 aliphatic rings. The lowest BCUT2D eigenvalue weighted by atomic mass is 10.2. The van der Waals surface area contributed by atoms with Crippen LogP contribution in [0.25, 0.3) is 0 Å². The van der Waals surface area contributed by atoms with Crippen LogP contribution >= 0.6 is 0 Å².